The predicted octanol–water partition coefficient (Wildman–Crippen LogP) is 2.98. The van der Waals surface area contributed by atoms with Crippen molar-refractivity contribution in [3.8, 4) is 0 Å². The van der Waals surface area contributed by atoms with Gasteiger partial charge in [-0.3, -0.25) is 4.79 Å². The van der Waals surface area contributed by atoms with Gasteiger partial charge >= 0.3 is 0 Å². The van der Waals surface area contributed by atoms with Crippen molar-refractivity contribution < 1.29 is 13.2 Å². The van der Waals surface area contributed by atoms with Crippen LogP contribution in [-0.4, -0.2) is 43.2 Å². The van der Waals surface area contributed by atoms with Crippen LogP contribution in [0.25, 0.3) is 0 Å². The van der Waals surface area contributed by atoms with Crippen LogP contribution in [0.1, 0.15) is 34.6 Å². The van der Waals surface area contributed by atoms with Gasteiger partial charge in [0.1, 0.15) is 9.77 Å². The molecule has 0 radical (unpaired) electrons. The molecule has 7 heteroatoms. The second kappa shape index (κ2) is 7.27. The Kier molecular flexibility index (Phi) is 5.27. The summed E-state index contributed by atoms with van der Waals surface area (Å²) in [5.41, 5.74) is 2.22. The Balaban J connectivity index is 1.92. The minimum atomic E-state index is -3.69. The zero-order valence-electron chi connectivity index (χ0n) is 14.4. The summed E-state index contributed by atoms with van der Waals surface area (Å²) < 4.78 is 27.8. The average Bonchev–Trinajstić information content (AvgIpc) is 3.13. The van der Waals surface area contributed by atoms with E-state index in [4.69, 9.17) is 0 Å². The number of hydrogen-bond acceptors (Lipinski definition) is 4. The second-order valence-corrected chi connectivity index (χ2v) is 8.77. The average molecular weight is 379 g/mol. The molecule has 134 valence electrons. The van der Waals surface area contributed by atoms with Crippen molar-refractivity contribution in [2.45, 2.75) is 31.7 Å². The Labute approximate surface area is 152 Å². The van der Waals surface area contributed by atoms with Gasteiger partial charge in [0.25, 0.3) is 5.91 Å². The molecular weight excluding hydrogens is 356 g/mol. The Hall–Kier alpha value is -1.70. The largest absolute Gasteiger partial charge is 0.338 e. The number of rotatable bonds is 5. The Morgan fingerprint density at radius 3 is 2.52 bits per heavy atom. The van der Waals surface area contributed by atoms with Crippen molar-refractivity contribution in [1.82, 2.24) is 9.21 Å². The van der Waals surface area contributed by atoms with E-state index in [1.165, 1.54) is 21.2 Å². The molecule has 25 heavy (non-hydrogen) atoms. The highest BCUT2D eigenvalue weighted by molar-refractivity contribution is 7.89. The molecule has 2 aromatic rings. The number of carbonyl (C=O) groups excluding carboxylic acids is 1. The van der Waals surface area contributed by atoms with E-state index in [1.54, 1.807) is 16.3 Å². The summed E-state index contributed by atoms with van der Waals surface area (Å²) in [6.45, 7) is 5.70. The summed E-state index contributed by atoms with van der Waals surface area (Å²) in [5.74, 6) is -0.212. The lowest BCUT2D eigenvalue weighted by Gasteiger charge is -2.28. The molecule has 0 bridgehead atoms. The number of sulfonamides is 1. The number of thiophene rings is 1. The summed E-state index contributed by atoms with van der Waals surface area (Å²) in [4.78, 5) is 14.8. The molecule has 0 unspecified atom stereocenters. The molecule has 2 heterocycles. The summed E-state index contributed by atoms with van der Waals surface area (Å²) in [6, 6.07) is 9.46. The molecule has 0 fully saturated rings. The third kappa shape index (κ3) is 3.36. The van der Waals surface area contributed by atoms with E-state index in [0.717, 1.165) is 5.56 Å². The number of carbonyl (C=O) groups is 1. The Morgan fingerprint density at radius 2 is 1.84 bits per heavy atom. The van der Waals surface area contributed by atoms with Crippen molar-refractivity contribution in [3.05, 3.63) is 51.7 Å². The first kappa shape index (κ1) is 18.1. The van der Waals surface area contributed by atoms with E-state index < -0.39 is 10.0 Å². The fourth-order valence-corrected chi connectivity index (χ4v) is 5.91. The van der Waals surface area contributed by atoms with Crippen LogP contribution in [0.3, 0.4) is 0 Å². The second-order valence-electron chi connectivity index (χ2n) is 5.95. The summed E-state index contributed by atoms with van der Waals surface area (Å²) in [5, 5.41) is 1.68. The zero-order chi connectivity index (χ0) is 18.0. The van der Waals surface area contributed by atoms with Crippen molar-refractivity contribution in [2.75, 3.05) is 19.6 Å². The number of amides is 1. The molecule has 5 nitrogen and oxygen atoms in total. The smallest absolute Gasteiger partial charge is 0.265 e. The van der Waals surface area contributed by atoms with E-state index in [2.05, 4.69) is 0 Å². The first-order valence-corrected chi connectivity index (χ1v) is 10.7. The lowest BCUT2D eigenvalue weighted by Crippen LogP contribution is -2.37. The van der Waals surface area contributed by atoms with Gasteiger partial charge in [0.05, 0.1) is 0 Å². The van der Waals surface area contributed by atoms with Gasteiger partial charge in [0, 0.05) is 26.2 Å². The molecule has 0 saturated heterocycles. The minimum Gasteiger partial charge on any atom is -0.338 e. The van der Waals surface area contributed by atoms with Gasteiger partial charge < -0.3 is 4.90 Å². The van der Waals surface area contributed by atoms with Crippen LogP contribution in [0.15, 0.2) is 40.6 Å². The van der Waals surface area contributed by atoms with Gasteiger partial charge in [-0.2, -0.15) is 4.31 Å². The maximum Gasteiger partial charge on any atom is 0.265 e. The van der Waals surface area contributed by atoms with Crippen molar-refractivity contribution >= 4 is 27.3 Å². The first-order chi connectivity index (χ1) is 12.0. The fraction of sp³-hybridized carbons (Fsp3) is 0.389. The van der Waals surface area contributed by atoms with Crippen molar-refractivity contribution in [3.63, 3.8) is 0 Å². The molecule has 1 amide bonds. The van der Waals surface area contributed by atoms with E-state index >= 15 is 0 Å². The first-order valence-electron chi connectivity index (χ1n) is 8.42. The van der Waals surface area contributed by atoms with Crippen LogP contribution in [0.5, 0.6) is 0 Å². The lowest BCUT2D eigenvalue weighted by atomic mass is 10.0. The standard InChI is InChI=1S/C18H22N2O3S2/c1-3-19(4-2)18(21)17-16(10-12-24-17)25(22,23)20-11-9-14-7-5-6-8-15(14)13-20/h5-8,10,12H,3-4,9,11,13H2,1-2H3. The summed E-state index contributed by atoms with van der Waals surface area (Å²) >= 11 is 1.20. The van der Waals surface area contributed by atoms with Gasteiger partial charge in [0.2, 0.25) is 10.0 Å². The fourth-order valence-electron chi connectivity index (χ4n) is 3.13. The van der Waals surface area contributed by atoms with Crippen LogP contribution < -0.4 is 0 Å². The van der Waals surface area contributed by atoms with E-state index in [0.29, 0.717) is 37.5 Å². The Bertz CT molecular complexity index is 870. The quantitative estimate of drug-likeness (QED) is 0.804. The predicted molar refractivity (Wildman–Crippen MR) is 99.3 cm³/mol. The molecule has 0 atom stereocenters. The van der Waals surface area contributed by atoms with Gasteiger partial charge in [-0.25, -0.2) is 8.42 Å². The van der Waals surface area contributed by atoms with Crippen molar-refractivity contribution in [2.24, 2.45) is 0 Å². The van der Waals surface area contributed by atoms with Crippen LogP contribution in [0.4, 0.5) is 0 Å². The van der Waals surface area contributed by atoms with Gasteiger partial charge in [-0.05, 0) is 42.8 Å². The summed E-state index contributed by atoms with van der Waals surface area (Å²) in [6.07, 6.45) is 0.693. The third-order valence-corrected chi connectivity index (χ3v) is 7.51. The number of nitrogens with zero attached hydrogens (tertiary/aromatic N) is 2. The summed E-state index contributed by atoms with van der Waals surface area (Å²) in [7, 11) is -3.69. The molecule has 0 N–H and O–H groups in total. The van der Waals surface area contributed by atoms with Gasteiger partial charge in [0.15, 0.2) is 0 Å². The topological polar surface area (TPSA) is 57.7 Å². The van der Waals surface area contributed by atoms with E-state index in [1.807, 2.05) is 38.1 Å². The van der Waals surface area contributed by atoms with Crippen LogP contribution in [0.2, 0.25) is 0 Å². The molecular formula is C18H22N2O3S2. The van der Waals surface area contributed by atoms with Crippen molar-refractivity contribution in [1.29, 1.82) is 0 Å². The molecule has 0 aliphatic carbocycles. The highest BCUT2D eigenvalue weighted by Gasteiger charge is 2.33. The van der Waals surface area contributed by atoms with Crippen LogP contribution >= 0.6 is 11.3 Å². The Morgan fingerprint density at radius 1 is 1.16 bits per heavy atom. The van der Waals surface area contributed by atoms with E-state index in [-0.39, 0.29) is 10.8 Å². The highest BCUT2D eigenvalue weighted by Crippen LogP contribution is 2.30. The number of fused-ring (bicyclic) bond motifs is 1. The lowest BCUT2D eigenvalue weighted by molar-refractivity contribution is 0.0774. The molecule has 3 rings (SSSR count). The number of hydrogen-bond donors (Lipinski definition) is 0. The van der Waals surface area contributed by atoms with Gasteiger partial charge in [-0.15, -0.1) is 11.3 Å². The molecule has 0 spiro atoms. The van der Waals surface area contributed by atoms with Crippen LogP contribution in [0, 0.1) is 0 Å². The number of benzene rings is 1. The van der Waals surface area contributed by atoms with Gasteiger partial charge in [-0.1, -0.05) is 24.3 Å². The molecule has 1 aromatic carbocycles. The maximum absolute atomic E-state index is 13.1. The molecule has 1 aliphatic rings. The molecule has 1 aromatic heterocycles. The molecule has 1 aliphatic heterocycles. The minimum absolute atomic E-state index is 0.133. The highest BCUT2D eigenvalue weighted by atomic mass is 32.2. The molecule has 0 saturated carbocycles. The third-order valence-electron chi connectivity index (χ3n) is 4.59. The SMILES string of the molecule is CCN(CC)C(=O)c1sccc1S(=O)(=O)N1CCc2ccccc2C1. The van der Waals surface area contributed by atoms with Crippen LogP contribution in [-0.2, 0) is 23.0 Å². The zero-order valence-corrected chi connectivity index (χ0v) is 16.1. The van der Waals surface area contributed by atoms with E-state index in [9.17, 15) is 13.2 Å². The maximum atomic E-state index is 13.1. The monoisotopic (exact) mass is 378 g/mol. The normalized spacial score (nSPS) is 15.0.